The van der Waals surface area contributed by atoms with E-state index >= 15 is 0 Å². The van der Waals surface area contributed by atoms with Gasteiger partial charge in [0.05, 0.1) is 11.3 Å². The molecule has 2 rings (SSSR count). The number of hydrogen-bond donors (Lipinski definition) is 1. The Hall–Kier alpha value is -1.59. The topological polar surface area (TPSA) is 45.5 Å². The van der Waals surface area contributed by atoms with E-state index < -0.39 is 11.7 Å². The van der Waals surface area contributed by atoms with Crippen LogP contribution in [0.2, 0.25) is 0 Å². The van der Waals surface area contributed by atoms with E-state index in [2.05, 4.69) is 10.1 Å². The lowest BCUT2D eigenvalue weighted by molar-refractivity contribution is -0.137. The average Bonchev–Trinajstić information content (AvgIpc) is 2.26. The third-order valence-corrected chi connectivity index (χ3v) is 2.56. The highest BCUT2D eigenvalue weighted by Crippen LogP contribution is 2.31. The molecule has 0 saturated carbocycles. The van der Waals surface area contributed by atoms with Crippen molar-refractivity contribution in [1.29, 1.82) is 0 Å². The summed E-state index contributed by atoms with van der Waals surface area (Å²) in [5.74, 6) is 0. The number of hydrogen-bond acceptors (Lipinski definition) is 3. The first-order valence-corrected chi connectivity index (χ1v) is 4.80. The molecule has 16 heavy (non-hydrogen) atoms. The number of halogens is 3. The lowest BCUT2D eigenvalue weighted by Crippen LogP contribution is -2.16. The Morgan fingerprint density at radius 2 is 2.06 bits per heavy atom. The zero-order chi connectivity index (χ0) is 11.8. The number of oxime groups is 1. The van der Waals surface area contributed by atoms with Crippen molar-refractivity contribution in [3.63, 3.8) is 0 Å². The summed E-state index contributed by atoms with van der Waals surface area (Å²) in [7, 11) is 0. The number of alkyl halides is 3. The predicted octanol–water partition coefficient (Wildman–Crippen LogP) is 2.62. The number of nitrogens with zero attached hydrogens (tertiary/aromatic N) is 2. The number of pyridine rings is 1. The first kappa shape index (κ1) is 10.9. The van der Waals surface area contributed by atoms with E-state index in [4.69, 9.17) is 5.21 Å². The summed E-state index contributed by atoms with van der Waals surface area (Å²) in [6.45, 7) is 0. The van der Waals surface area contributed by atoms with E-state index in [1.165, 1.54) is 0 Å². The van der Waals surface area contributed by atoms with Crippen LogP contribution in [0, 0.1) is 0 Å². The van der Waals surface area contributed by atoms with Gasteiger partial charge in [0.25, 0.3) is 0 Å². The molecule has 0 spiro atoms. The summed E-state index contributed by atoms with van der Waals surface area (Å²) in [5, 5.41) is 11.7. The van der Waals surface area contributed by atoms with Crippen molar-refractivity contribution in [1.82, 2.24) is 4.98 Å². The van der Waals surface area contributed by atoms with Crippen LogP contribution in [0.3, 0.4) is 0 Å². The summed E-state index contributed by atoms with van der Waals surface area (Å²) in [4.78, 5) is 3.77. The van der Waals surface area contributed by atoms with Crippen molar-refractivity contribution in [2.24, 2.45) is 5.16 Å². The van der Waals surface area contributed by atoms with E-state index in [1.807, 2.05) is 0 Å². The maximum absolute atomic E-state index is 12.4. The molecule has 0 atom stereocenters. The van der Waals surface area contributed by atoms with E-state index in [0.29, 0.717) is 24.1 Å². The molecule has 1 aliphatic carbocycles. The quantitative estimate of drug-likeness (QED) is 0.550. The smallest absolute Gasteiger partial charge is 0.411 e. The minimum atomic E-state index is -4.42. The van der Waals surface area contributed by atoms with Crippen LogP contribution >= 0.6 is 0 Å². The molecule has 1 aromatic heterocycles. The minimum absolute atomic E-state index is 0.278. The molecule has 3 nitrogen and oxygen atoms in total. The van der Waals surface area contributed by atoms with Gasteiger partial charge >= 0.3 is 6.18 Å². The van der Waals surface area contributed by atoms with Crippen LogP contribution in [0.4, 0.5) is 13.2 Å². The lowest BCUT2D eigenvalue weighted by atomic mass is 9.93. The fourth-order valence-corrected chi connectivity index (χ4v) is 1.76. The Bertz CT molecular complexity index is 440. The van der Waals surface area contributed by atoms with Crippen LogP contribution in [0.25, 0.3) is 0 Å². The molecule has 86 valence electrons. The van der Waals surface area contributed by atoms with Crippen LogP contribution in [0.15, 0.2) is 17.4 Å². The molecule has 0 radical (unpaired) electrons. The van der Waals surface area contributed by atoms with Crippen LogP contribution < -0.4 is 0 Å². The number of fused-ring (bicyclic) bond motifs is 1. The second kappa shape index (κ2) is 3.77. The molecule has 1 aromatic rings. The van der Waals surface area contributed by atoms with Gasteiger partial charge in [-0.05, 0) is 25.3 Å². The average molecular weight is 230 g/mol. The second-order valence-corrected chi connectivity index (χ2v) is 3.62. The third kappa shape index (κ3) is 1.87. The maximum Gasteiger partial charge on any atom is 0.417 e. The van der Waals surface area contributed by atoms with E-state index in [9.17, 15) is 13.2 Å². The Morgan fingerprint density at radius 1 is 1.31 bits per heavy atom. The van der Waals surface area contributed by atoms with Crippen LogP contribution in [-0.4, -0.2) is 15.9 Å². The Kier molecular flexibility index (Phi) is 2.57. The lowest BCUT2D eigenvalue weighted by Gasteiger charge is -2.17. The van der Waals surface area contributed by atoms with E-state index in [-0.39, 0.29) is 5.71 Å². The monoisotopic (exact) mass is 230 g/mol. The van der Waals surface area contributed by atoms with Crippen molar-refractivity contribution in [2.45, 2.75) is 25.4 Å². The van der Waals surface area contributed by atoms with E-state index in [0.717, 1.165) is 18.7 Å². The highest BCUT2D eigenvalue weighted by molar-refractivity contribution is 6.02. The summed E-state index contributed by atoms with van der Waals surface area (Å²) >= 11 is 0. The van der Waals surface area contributed by atoms with Gasteiger partial charge in [-0.15, -0.1) is 0 Å². The molecule has 0 amide bonds. The van der Waals surface area contributed by atoms with Gasteiger partial charge in [-0.1, -0.05) is 5.16 Å². The van der Waals surface area contributed by atoms with Gasteiger partial charge in [-0.25, -0.2) is 0 Å². The van der Waals surface area contributed by atoms with Crippen molar-refractivity contribution in [2.75, 3.05) is 0 Å². The molecule has 0 aromatic carbocycles. The molecule has 1 aliphatic rings. The van der Waals surface area contributed by atoms with Crippen molar-refractivity contribution in [3.05, 3.63) is 29.1 Å². The Labute approximate surface area is 89.6 Å². The summed E-state index contributed by atoms with van der Waals surface area (Å²) in [5.41, 5.74) is 0.338. The molecular weight excluding hydrogens is 221 g/mol. The van der Waals surface area contributed by atoms with Gasteiger partial charge in [0.2, 0.25) is 0 Å². The highest BCUT2D eigenvalue weighted by atomic mass is 19.4. The SMILES string of the molecule is ON=C1CCCc2ncc(C(F)(F)F)cc21. The molecule has 0 unspecified atom stereocenters. The Balaban J connectivity index is 2.51. The normalized spacial score (nSPS) is 18.6. The Morgan fingerprint density at radius 3 is 2.69 bits per heavy atom. The van der Waals surface area contributed by atoms with Gasteiger partial charge < -0.3 is 5.21 Å². The zero-order valence-corrected chi connectivity index (χ0v) is 8.25. The summed E-state index contributed by atoms with van der Waals surface area (Å²) < 4.78 is 37.3. The van der Waals surface area contributed by atoms with Crippen LogP contribution in [0.5, 0.6) is 0 Å². The molecule has 0 bridgehead atoms. The molecule has 0 aliphatic heterocycles. The number of rotatable bonds is 0. The highest BCUT2D eigenvalue weighted by Gasteiger charge is 2.32. The molecule has 0 saturated heterocycles. The molecule has 1 heterocycles. The van der Waals surface area contributed by atoms with Crippen LogP contribution in [-0.2, 0) is 12.6 Å². The molecular formula is C10H9F3N2O. The largest absolute Gasteiger partial charge is 0.417 e. The van der Waals surface area contributed by atoms with Crippen molar-refractivity contribution >= 4 is 5.71 Å². The van der Waals surface area contributed by atoms with Crippen LogP contribution in [0.1, 0.15) is 29.7 Å². The number of aryl methyl sites for hydroxylation is 1. The summed E-state index contributed by atoms with van der Waals surface area (Å²) in [6, 6.07) is 0.997. The second-order valence-electron chi connectivity index (χ2n) is 3.62. The third-order valence-electron chi connectivity index (χ3n) is 2.56. The fraction of sp³-hybridized carbons (Fsp3) is 0.400. The molecule has 6 heteroatoms. The first-order valence-electron chi connectivity index (χ1n) is 4.80. The van der Waals surface area contributed by atoms with Crippen molar-refractivity contribution in [3.8, 4) is 0 Å². The van der Waals surface area contributed by atoms with Gasteiger partial charge in [-0.2, -0.15) is 13.2 Å². The maximum atomic E-state index is 12.4. The minimum Gasteiger partial charge on any atom is -0.411 e. The predicted molar refractivity (Wildman–Crippen MR) is 50.5 cm³/mol. The first-order chi connectivity index (χ1) is 7.52. The summed E-state index contributed by atoms with van der Waals surface area (Å²) in [6.07, 6.45) is -1.76. The van der Waals surface area contributed by atoms with Gasteiger partial charge in [0.15, 0.2) is 0 Å². The number of aromatic nitrogens is 1. The zero-order valence-electron chi connectivity index (χ0n) is 8.25. The fourth-order valence-electron chi connectivity index (χ4n) is 1.76. The standard InChI is InChI=1S/C10H9F3N2O/c11-10(12,13)6-4-7-8(14-5-6)2-1-3-9(7)15-16/h4-5,16H,1-3H2. The van der Waals surface area contributed by atoms with Gasteiger partial charge in [0.1, 0.15) is 0 Å². The van der Waals surface area contributed by atoms with E-state index in [1.54, 1.807) is 0 Å². The molecule has 1 N–H and O–H groups in total. The van der Waals surface area contributed by atoms with Gasteiger partial charge in [0, 0.05) is 17.5 Å². The van der Waals surface area contributed by atoms with Crippen molar-refractivity contribution < 1.29 is 18.4 Å². The van der Waals surface area contributed by atoms with Gasteiger partial charge in [-0.3, -0.25) is 4.98 Å². The molecule has 0 fully saturated rings.